The fourth-order valence-electron chi connectivity index (χ4n) is 2.66. The maximum Gasteiger partial charge on any atom is 0.387 e. The summed E-state index contributed by atoms with van der Waals surface area (Å²) in [6.45, 7) is 3.04. The van der Waals surface area contributed by atoms with Gasteiger partial charge in [0.25, 0.3) is 11.1 Å². The minimum absolute atomic E-state index is 0.0579. The van der Waals surface area contributed by atoms with Crippen LogP contribution in [0.3, 0.4) is 0 Å². The molecule has 0 atom stereocenters. The van der Waals surface area contributed by atoms with E-state index in [1.165, 1.54) is 31.4 Å². The van der Waals surface area contributed by atoms with Crippen molar-refractivity contribution in [2.24, 2.45) is 5.41 Å². The van der Waals surface area contributed by atoms with Gasteiger partial charge in [0.1, 0.15) is 0 Å². The molecule has 0 unspecified atom stereocenters. The van der Waals surface area contributed by atoms with E-state index >= 15 is 0 Å². The lowest BCUT2D eigenvalue weighted by molar-refractivity contribution is -0.125. The highest BCUT2D eigenvalue weighted by molar-refractivity contribution is 8.18. The van der Waals surface area contributed by atoms with Crippen molar-refractivity contribution in [3.63, 3.8) is 0 Å². The summed E-state index contributed by atoms with van der Waals surface area (Å²) in [6.07, 6.45) is 1.81. The number of hydrogen-bond donors (Lipinski definition) is 1. The molecule has 1 aromatic carbocycles. The van der Waals surface area contributed by atoms with E-state index in [1.807, 2.05) is 20.8 Å². The largest absolute Gasteiger partial charge is 0.493 e. The monoisotopic (exact) mass is 442 g/mol. The second-order valence-electron chi connectivity index (χ2n) is 7.71. The number of nitrogens with zero attached hydrogens (tertiary/aromatic N) is 1. The lowest BCUT2D eigenvalue weighted by Gasteiger charge is -2.18. The van der Waals surface area contributed by atoms with E-state index in [9.17, 15) is 23.2 Å². The van der Waals surface area contributed by atoms with E-state index in [2.05, 4.69) is 10.1 Å². The van der Waals surface area contributed by atoms with E-state index in [0.29, 0.717) is 12.0 Å². The second kappa shape index (κ2) is 9.92. The Morgan fingerprint density at radius 3 is 2.57 bits per heavy atom. The zero-order chi connectivity index (χ0) is 22.5. The van der Waals surface area contributed by atoms with E-state index < -0.39 is 17.8 Å². The Hall–Kier alpha value is -2.62. The number of methoxy groups -OCH3 is 1. The highest BCUT2D eigenvalue weighted by atomic mass is 32.2. The van der Waals surface area contributed by atoms with Gasteiger partial charge in [-0.3, -0.25) is 19.3 Å². The van der Waals surface area contributed by atoms with Crippen molar-refractivity contribution in [3.8, 4) is 11.5 Å². The molecule has 1 saturated heterocycles. The highest BCUT2D eigenvalue weighted by Crippen LogP contribution is 2.34. The first-order valence-corrected chi connectivity index (χ1v) is 9.97. The predicted molar refractivity (Wildman–Crippen MR) is 109 cm³/mol. The molecule has 0 saturated carbocycles. The van der Waals surface area contributed by atoms with Gasteiger partial charge in [0.05, 0.1) is 12.0 Å². The zero-order valence-electron chi connectivity index (χ0n) is 17.2. The molecule has 0 radical (unpaired) electrons. The van der Waals surface area contributed by atoms with E-state index in [0.717, 1.165) is 16.7 Å². The summed E-state index contributed by atoms with van der Waals surface area (Å²) in [6, 6.07) is 4.20. The van der Waals surface area contributed by atoms with Crippen LogP contribution in [0.5, 0.6) is 11.5 Å². The molecule has 1 heterocycles. The normalized spacial score (nSPS) is 15.8. The molecule has 1 N–H and O–H groups in total. The van der Waals surface area contributed by atoms with Gasteiger partial charge in [0.2, 0.25) is 5.91 Å². The first-order valence-electron chi connectivity index (χ1n) is 9.15. The van der Waals surface area contributed by atoms with Crippen LogP contribution in [0.25, 0.3) is 6.08 Å². The van der Waals surface area contributed by atoms with Crippen molar-refractivity contribution in [1.82, 2.24) is 10.2 Å². The van der Waals surface area contributed by atoms with E-state index in [1.54, 1.807) is 0 Å². The number of carbonyl (C=O) groups is 3. The molecule has 0 aromatic heterocycles. The molecule has 0 aliphatic carbocycles. The van der Waals surface area contributed by atoms with Gasteiger partial charge in [-0.05, 0) is 40.9 Å². The number of nitrogens with one attached hydrogen (secondary N) is 1. The van der Waals surface area contributed by atoms with Gasteiger partial charge in [-0.2, -0.15) is 8.78 Å². The number of amides is 3. The van der Waals surface area contributed by atoms with Gasteiger partial charge >= 0.3 is 6.61 Å². The first-order chi connectivity index (χ1) is 14.0. The molecule has 1 aliphatic rings. The average molecular weight is 442 g/mol. The molecule has 164 valence electrons. The van der Waals surface area contributed by atoms with Crippen molar-refractivity contribution in [2.45, 2.75) is 33.8 Å². The highest BCUT2D eigenvalue weighted by Gasteiger charge is 2.34. The third kappa shape index (κ3) is 6.72. The number of alkyl halides is 2. The van der Waals surface area contributed by atoms with Crippen LogP contribution in [-0.2, 0) is 9.59 Å². The summed E-state index contributed by atoms with van der Waals surface area (Å²) >= 11 is 0.768. The first kappa shape index (κ1) is 23.7. The Morgan fingerprint density at radius 2 is 1.97 bits per heavy atom. The van der Waals surface area contributed by atoms with Gasteiger partial charge in [-0.25, -0.2) is 0 Å². The quantitative estimate of drug-likeness (QED) is 0.615. The standard InChI is InChI=1S/C20H24F2N2O5S/c1-20(2,3)11-16(25)23-7-8-24-17(26)15(30-19(24)27)10-12-5-6-13(29-18(21)22)14(9-12)28-4/h5-6,9-10,18H,7-8,11H2,1-4H3,(H,23,25)/b15-10-. The smallest absolute Gasteiger partial charge is 0.387 e. The SMILES string of the molecule is COc1cc(/C=C2\SC(=O)N(CCNC(=O)CC(C)(C)C)C2=O)ccc1OC(F)F. The van der Waals surface area contributed by atoms with Crippen LogP contribution in [0.4, 0.5) is 13.6 Å². The van der Waals surface area contributed by atoms with Gasteiger partial charge < -0.3 is 14.8 Å². The van der Waals surface area contributed by atoms with Gasteiger partial charge in [-0.15, -0.1) is 0 Å². The summed E-state index contributed by atoms with van der Waals surface area (Å²) in [5.41, 5.74) is 0.323. The van der Waals surface area contributed by atoms with Crippen LogP contribution >= 0.6 is 11.8 Å². The third-order valence-electron chi connectivity index (χ3n) is 3.92. The molecule has 7 nitrogen and oxygen atoms in total. The van der Waals surface area contributed by atoms with Crippen LogP contribution in [0.1, 0.15) is 32.8 Å². The van der Waals surface area contributed by atoms with E-state index in [4.69, 9.17) is 4.74 Å². The summed E-state index contributed by atoms with van der Waals surface area (Å²) in [5, 5.41) is 2.26. The molecule has 3 amide bonds. The lowest BCUT2D eigenvalue weighted by Crippen LogP contribution is -2.38. The summed E-state index contributed by atoms with van der Waals surface area (Å²) in [7, 11) is 1.30. The molecule has 30 heavy (non-hydrogen) atoms. The Balaban J connectivity index is 2.03. The summed E-state index contributed by atoms with van der Waals surface area (Å²) < 4.78 is 34.3. The number of rotatable bonds is 8. The molecular formula is C20H24F2N2O5S. The van der Waals surface area contributed by atoms with Crippen molar-refractivity contribution in [2.75, 3.05) is 20.2 Å². The Kier molecular flexibility index (Phi) is 7.83. The molecule has 10 heteroatoms. The topological polar surface area (TPSA) is 84.9 Å². The Labute approximate surface area is 177 Å². The fourth-order valence-corrected chi connectivity index (χ4v) is 3.53. The van der Waals surface area contributed by atoms with Crippen molar-refractivity contribution >= 4 is 34.9 Å². The van der Waals surface area contributed by atoms with Crippen LogP contribution < -0.4 is 14.8 Å². The van der Waals surface area contributed by atoms with Crippen LogP contribution in [-0.4, -0.2) is 48.8 Å². The minimum atomic E-state index is -3.00. The van der Waals surface area contributed by atoms with Crippen molar-refractivity contribution in [1.29, 1.82) is 0 Å². The van der Waals surface area contributed by atoms with Crippen LogP contribution in [0.2, 0.25) is 0 Å². The number of halogens is 2. The molecule has 1 aromatic rings. The van der Waals surface area contributed by atoms with Gasteiger partial charge in [-0.1, -0.05) is 26.8 Å². The predicted octanol–water partition coefficient (Wildman–Crippen LogP) is 3.89. The van der Waals surface area contributed by atoms with Crippen molar-refractivity contribution in [3.05, 3.63) is 28.7 Å². The Morgan fingerprint density at radius 1 is 1.27 bits per heavy atom. The molecule has 0 bridgehead atoms. The van der Waals surface area contributed by atoms with Gasteiger partial charge in [0.15, 0.2) is 11.5 Å². The maximum atomic E-state index is 12.5. The minimum Gasteiger partial charge on any atom is -0.493 e. The molecule has 1 fully saturated rings. The van der Waals surface area contributed by atoms with E-state index in [-0.39, 0.29) is 40.8 Å². The van der Waals surface area contributed by atoms with Gasteiger partial charge in [0, 0.05) is 19.5 Å². The van der Waals surface area contributed by atoms with Crippen LogP contribution in [0.15, 0.2) is 23.1 Å². The number of hydrogen-bond acceptors (Lipinski definition) is 6. The average Bonchev–Trinajstić information content (AvgIpc) is 2.88. The number of thioether (sulfide) groups is 1. The third-order valence-corrected chi connectivity index (χ3v) is 4.83. The number of imide groups is 1. The Bertz CT molecular complexity index is 852. The maximum absolute atomic E-state index is 12.5. The van der Waals surface area contributed by atoms with Crippen LogP contribution in [0, 0.1) is 5.41 Å². The molecule has 1 aliphatic heterocycles. The lowest BCUT2D eigenvalue weighted by atomic mass is 9.92. The molecule has 2 rings (SSSR count). The summed E-state index contributed by atoms with van der Waals surface area (Å²) in [5.74, 6) is -0.696. The number of carbonyl (C=O) groups excluding carboxylic acids is 3. The molecular weight excluding hydrogens is 418 g/mol. The number of benzene rings is 1. The van der Waals surface area contributed by atoms with Crippen molar-refractivity contribution < 1.29 is 32.6 Å². The second-order valence-corrected chi connectivity index (χ2v) is 8.70. The molecule has 0 spiro atoms. The number of ether oxygens (including phenoxy) is 2. The summed E-state index contributed by atoms with van der Waals surface area (Å²) in [4.78, 5) is 37.8. The fraction of sp³-hybridized carbons (Fsp3) is 0.450. The zero-order valence-corrected chi connectivity index (χ0v) is 18.0.